The van der Waals surface area contributed by atoms with E-state index in [1.165, 1.54) is 24.6 Å². The van der Waals surface area contributed by atoms with Crippen molar-refractivity contribution in [1.29, 1.82) is 0 Å². The highest BCUT2D eigenvalue weighted by molar-refractivity contribution is 7.89. The van der Waals surface area contributed by atoms with E-state index in [0.717, 1.165) is 12.0 Å². The zero-order chi connectivity index (χ0) is 16.4. The van der Waals surface area contributed by atoms with Crippen molar-refractivity contribution < 1.29 is 17.9 Å². The molecule has 3 rings (SSSR count). The first-order chi connectivity index (χ1) is 11.1. The van der Waals surface area contributed by atoms with Crippen molar-refractivity contribution >= 4 is 10.0 Å². The normalized spacial score (nSPS) is 18.3. The van der Waals surface area contributed by atoms with Crippen molar-refractivity contribution in [3.63, 3.8) is 0 Å². The van der Waals surface area contributed by atoms with E-state index in [1.54, 1.807) is 12.1 Å². The number of nitrogens with zero attached hydrogens (tertiary/aromatic N) is 1. The van der Waals surface area contributed by atoms with Gasteiger partial charge in [0, 0.05) is 12.6 Å². The topological polar surface area (TPSA) is 55.8 Å². The fourth-order valence-corrected chi connectivity index (χ4v) is 4.60. The van der Waals surface area contributed by atoms with Gasteiger partial charge in [0.1, 0.15) is 16.4 Å². The zero-order valence-electron chi connectivity index (χ0n) is 13.1. The van der Waals surface area contributed by atoms with E-state index in [2.05, 4.69) is 0 Å². The first-order valence-electron chi connectivity index (χ1n) is 7.36. The Balaban J connectivity index is 1.99. The Morgan fingerprint density at radius 1 is 1.04 bits per heavy atom. The fourth-order valence-electron chi connectivity index (χ4n) is 2.77. The number of sulfonamides is 1. The smallest absolute Gasteiger partial charge is 0.247 e. The first-order valence-corrected chi connectivity index (χ1v) is 8.80. The Hall–Kier alpha value is -2.05. The predicted molar refractivity (Wildman–Crippen MR) is 87.2 cm³/mol. The Kier molecular flexibility index (Phi) is 4.28. The lowest BCUT2D eigenvalue weighted by molar-refractivity contribution is 0.201. The van der Waals surface area contributed by atoms with Crippen LogP contribution in [0.3, 0.4) is 0 Å². The highest BCUT2D eigenvalue weighted by atomic mass is 32.2. The Labute approximate surface area is 136 Å². The minimum Gasteiger partial charge on any atom is -0.497 e. The van der Waals surface area contributed by atoms with Crippen LogP contribution >= 0.6 is 0 Å². The summed E-state index contributed by atoms with van der Waals surface area (Å²) in [6.07, 6.45) is 0.815. The van der Waals surface area contributed by atoms with Crippen LogP contribution in [0.1, 0.15) is 18.0 Å². The summed E-state index contributed by atoms with van der Waals surface area (Å²) in [5.41, 5.74) is 1.00. The molecule has 122 valence electrons. The number of hydrogen-bond acceptors (Lipinski definition) is 4. The summed E-state index contributed by atoms with van der Waals surface area (Å²) >= 11 is 0. The largest absolute Gasteiger partial charge is 0.497 e. The molecule has 1 aliphatic heterocycles. The minimum absolute atomic E-state index is 0.128. The van der Waals surface area contributed by atoms with Crippen molar-refractivity contribution in [2.75, 3.05) is 20.8 Å². The molecule has 0 unspecified atom stereocenters. The lowest BCUT2D eigenvalue weighted by atomic mass is 9.98. The van der Waals surface area contributed by atoms with Gasteiger partial charge in [-0.2, -0.15) is 4.31 Å². The Bertz CT molecular complexity index is 789. The molecular formula is C17H19NO4S. The van der Waals surface area contributed by atoms with Gasteiger partial charge < -0.3 is 9.47 Å². The molecule has 1 fully saturated rings. The average molecular weight is 333 g/mol. The molecule has 1 aliphatic rings. The van der Waals surface area contributed by atoms with E-state index in [4.69, 9.17) is 9.47 Å². The predicted octanol–water partition coefficient (Wildman–Crippen LogP) is 2.84. The number of benzene rings is 2. The van der Waals surface area contributed by atoms with Gasteiger partial charge in [-0.1, -0.05) is 30.3 Å². The molecule has 0 amide bonds. The maximum atomic E-state index is 13.0. The second-order valence-corrected chi connectivity index (χ2v) is 7.21. The van der Waals surface area contributed by atoms with Crippen molar-refractivity contribution in [1.82, 2.24) is 4.31 Å². The third-order valence-corrected chi connectivity index (χ3v) is 6.04. The standard InChI is InChI=1S/C17H19NO4S/c1-21-14-8-9-16(22-2)17(12-14)23(19,20)18-11-10-15(18)13-6-4-3-5-7-13/h3-9,12,15H,10-11H2,1-2H3/t15-/m1/s1. The van der Waals surface area contributed by atoms with E-state index in [-0.39, 0.29) is 10.9 Å². The highest BCUT2D eigenvalue weighted by Crippen LogP contribution is 2.40. The van der Waals surface area contributed by atoms with Gasteiger partial charge in [-0.3, -0.25) is 0 Å². The number of ether oxygens (including phenoxy) is 2. The lowest BCUT2D eigenvalue weighted by Gasteiger charge is -2.40. The van der Waals surface area contributed by atoms with Crippen LogP contribution in [0.25, 0.3) is 0 Å². The molecule has 0 N–H and O–H groups in total. The summed E-state index contributed by atoms with van der Waals surface area (Å²) in [7, 11) is -0.674. The van der Waals surface area contributed by atoms with Gasteiger partial charge >= 0.3 is 0 Å². The van der Waals surface area contributed by atoms with E-state index in [0.29, 0.717) is 18.0 Å². The van der Waals surface area contributed by atoms with Gasteiger partial charge in [-0.25, -0.2) is 8.42 Å². The van der Waals surface area contributed by atoms with Crippen LogP contribution in [-0.2, 0) is 10.0 Å². The van der Waals surface area contributed by atoms with Crippen LogP contribution < -0.4 is 9.47 Å². The van der Waals surface area contributed by atoms with Crippen LogP contribution in [0.2, 0.25) is 0 Å². The molecule has 5 nitrogen and oxygen atoms in total. The molecule has 0 saturated carbocycles. The van der Waals surface area contributed by atoms with Gasteiger partial charge in [-0.15, -0.1) is 0 Å². The molecule has 0 radical (unpaired) electrons. The molecule has 2 aromatic rings. The summed E-state index contributed by atoms with van der Waals surface area (Å²) in [6, 6.07) is 14.4. The van der Waals surface area contributed by atoms with E-state index in [9.17, 15) is 8.42 Å². The molecule has 0 spiro atoms. The lowest BCUT2D eigenvalue weighted by Crippen LogP contribution is -2.45. The van der Waals surface area contributed by atoms with Crippen LogP contribution in [0.5, 0.6) is 11.5 Å². The van der Waals surface area contributed by atoms with Gasteiger partial charge in [0.2, 0.25) is 10.0 Å². The molecule has 0 aliphatic carbocycles. The summed E-state index contributed by atoms with van der Waals surface area (Å²) in [5, 5.41) is 0. The molecule has 1 heterocycles. The highest BCUT2D eigenvalue weighted by Gasteiger charge is 2.40. The van der Waals surface area contributed by atoms with Gasteiger partial charge in [0.25, 0.3) is 0 Å². The SMILES string of the molecule is COc1ccc(OC)c(S(=O)(=O)N2CC[C@@H]2c2ccccc2)c1. The fraction of sp³-hybridized carbons (Fsp3) is 0.294. The minimum atomic E-state index is -3.65. The summed E-state index contributed by atoms with van der Waals surface area (Å²) < 4.78 is 38.0. The van der Waals surface area contributed by atoms with Crippen molar-refractivity contribution in [2.24, 2.45) is 0 Å². The van der Waals surface area contributed by atoms with Crippen LogP contribution in [0, 0.1) is 0 Å². The Morgan fingerprint density at radius 2 is 1.78 bits per heavy atom. The number of methoxy groups -OCH3 is 2. The third-order valence-electron chi connectivity index (χ3n) is 4.11. The maximum Gasteiger partial charge on any atom is 0.247 e. The van der Waals surface area contributed by atoms with Crippen molar-refractivity contribution in [3.05, 3.63) is 54.1 Å². The second kappa shape index (κ2) is 6.22. The molecule has 1 saturated heterocycles. The van der Waals surface area contributed by atoms with Crippen molar-refractivity contribution in [3.8, 4) is 11.5 Å². The second-order valence-electron chi connectivity index (χ2n) is 5.35. The quantitative estimate of drug-likeness (QED) is 0.844. The third kappa shape index (κ3) is 2.80. The molecular weight excluding hydrogens is 314 g/mol. The zero-order valence-corrected chi connectivity index (χ0v) is 13.9. The summed E-state index contributed by atoms with van der Waals surface area (Å²) in [6.45, 7) is 0.502. The van der Waals surface area contributed by atoms with Gasteiger partial charge in [-0.05, 0) is 24.1 Å². The summed E-state index contributed by atoms with van der Waals surface area (Å²) in [5.74, 6) is 0.811. The van der Waals surface area contributed by atoms with Crippen molar-refractivity contribution in [2.45, 2.75) is 17.4 Å². The molecule has 0 bridgehead atoms. The van der Waals surface area contributed by atoms with E-state index < -0.39 is 10.0 Å². The molecule has 2 aromatic carbocycles. The molecule has 23 heavy (non-hydrogen) atoms. The van der Waals surface area contributed by atoms with Gasteiger partial charge in [0.05, 0.1) is 20.3 Å². The molecule has 6 heteroatoms. The monoisotopic (exact) mass is 333 g/mol. The average Bonchev–Trinajstić information content (AvgIpc) is 2.53. The van der Waals surface area contributed by atoms with Gasteiger partial charge in [0.15, 0.2) is 0 Å². The van der Waals surface area contributed by atoms with Crippen LogP contribution in [-0.4, -0.2) is 33.5 Å². The Morgan fingerprint density at radius 3 is 2.35 bits per heavy atom. The number of hydrogen-bond donors (Lipinski definition) is 0. The van der Waals surface area contributed by atoms with Crippen LogP contribution in [0.15, 0.2) is 53.4 Å². The van der Waals surface area contributed by atoms with Crippen LogP contribution in [0.4, 0.5) is 0 Å². The number of rotatable bonds is 5. The molecule has 0 aromatic heterocycles. The first kappa shape index (κ1) is 15.8. The maximum absolute atomic E-state index is 13.0. The van der Waals surface area contributed by atoms with E-state index >= 15 is 0 Å². The molecule has 1 atom stereocenters. The summed E-state index contributed by atoms with van der Waals surface area (Å²) in [4.78, 5) is 0.139. The van der Waals surface area contributed by atoms with E-state index in [1.807, 2.05) is 30.3 Å².